The summed E-state index contributed by atoms with van der Waals surface area (Å²) in [6.07, 6.45) is -5.77. The minimum atomic E-state index is -4.65. The van der Waals surface area contributed by atoms with E-state index in [1.165, 1.54) is 31.1 Å². The molecule has 2 aromatic rings. The lowest BCUT2D eigenvalue weighted by Crippen LogP contribution is -2.50. The highest BCUT2D eigenvalue weighted by molar-refractivity contribution is 6.01. The first-order chi connectivity index (χ1) is 15.8. The zero-order chi connectivity index (χ0) is 25.3. The number of nitrogens with one attached hydrogen (secondary N) is 2. The molecule has 1 atom stereocenters. The van der Waals surface area contributed by atoms with Gasteiger partial charge in [-0.1, -0.05) is 36.4 Å². The molecule has 0 bridgehead atoms. The first kappa shape index (κ1) is 25.2. The van der Waals surface area contributed by atoms with Crippen molar-refractivity contribution >= 4 is 17.7 Å². The van der Waals surface area contributed by atoms with Crippen molar-refractivity contribution in [3.05, 3.63) is 59.4 Å². The fourth-order valence-corrected chi connectivity index (χ4v) is 3.60. The molecule has 2 N–H and O–H groups in total. The summed E-state index contributed by atoms with van der Waals surface area (Å²) in [5.41, 5.74) is 0.342. The van der Waals surface area contributed by atoms with Crippen LogP contribution in [0.15, 0.2) is 42.5 Å². The van der Waals surface area contributed by atoms with E-state index < -0.39 is 47.7 Å². The fraction of sp³-hybridized carbons (Fsp3) is 0.375. The Labute approximate surface area is 194 Å². The van der Waals surface area contributed by atoms with Gasteiger partial charge < -0.3 is 15.5 Å². The topological polar surface area (TPSA) is 78.5 Å². The normalized spacial score (nSPS) is 15.3. The van der Waals surface area contributed by atoms with Crippen molar-refractivity contribution < 1.29 is 31.9 Å². The third kappa shape index (κ3) is 5.73. The fourth-order valence-electron chi connectivity index (χ4n) is 3.60. The van der Waals surface area contributed by atoms with E-state index in [0.717, 1.165) is 0 Å². The second-order valence-corrected chi connectivity index (χ2v) is 8.60. The van der Waals surface area contributed by atoms with Crippen molar-refractivity contribution in [1.82, 2.24) is 15.5 Å². The molecule has 182 valence electrons. The highest BCUT2D eigenvalue weighted by Gasteiger charge is 2.52. The predicted octanol–water partition coefficient (Wildman–Crippen LogP) is 3.97. The second kappa shape index (κ2) is 9.44. The monoisotopic (exact) mass is 479 g/mol. The van der Waals surface area contributed by atoms with Gasteiger partial charge in [0.25, 0.3) is 5.91 Å². The van der Waals surface area contributed by atoms with Crippen molar-refractivity contribution in [3.63, 3.8) is 0 Å². The summed E-state index contributed by atoms with van der Waals surface area (Å²) in [6.45, 7) is 1.70. The van der Waals surface area contributed by atoms with Crippen molar-refractivity contribution in [2.75, 3.05) is 14.1 Å². The van der Waals surface area contributed by atoms with Crippen LogP contribution in [0.4, 0.5) is 17.6 Å². The molecular weight excluding hydrogens is 454 g/mol. The number of nitrogens with zero attached hydrogens (tertiary/aromatic N) is 1. The quantitative estimate of drug-likeness (QED) is 0.590. The molecule has 3 amide bonds. The van der Waals surface area contributed by atoms with E-state index in [1.54, 1.807) is 37.3 Å². The van der Waals surface area contributed by atoms with E-state index in [1.807, 2.05) is 0 Å². The lowest BCUT2D eigenvalue weighted by atomic mass is 9.96. The van der Waals surface area contributed by atoms with Gasteiger partial charge in [0.05, 0.1) is 11.6 Å². The molecule has 10 heteroatoms. The van der Waals surface area contributed by atoms with E-state index in [9.17, 15) is 31.9 Å². The summed E-state index contributed by atoms with van der Waals surface area (Å²) >= 11 is 0. The van der Waals surface area contributed by atoms with Gasteiger partial charge in [0.1, 0.15) is 17.8 Å². The molecule has 0 aromatic heterocycles. The highest BCUT2D eigenvalue weighted by Crippen LogP contribution is 2.37. The Hall–Kier alpha value is -3.43. The molecule has 0 radical (unpaired) electrons. The van der Waals surface area contributed by atoms with E-state index in [4.69, 9.17) is 0 Å². The zero-order valence-electron chi connectivity index (χ0n) is 18.9. The Morgan fingerprint density at radius 2 is 1.68 bits per heavy atom. The van der Waals surface area contributed by atoms with E-state index in [2.05, 4.69) is 10.6 Å². The van der Waals surface area contributed by atoms with Crippen LogP contribution in [-0.4, -0.2) is 48.4 Å². The Morgan fingerprint density at radius 3 is 2.21 bits per heavy atom. The third-order valence-electron chi connectivity index (χ3n) is 5.63. The molecule has 6 nitrogen and oxygen atoms in total. The summed E-state index contributed by atoms with van der Waals surface area (Å²) < 4.78 is 51.7. The maximum absolute atomic E-state index is 14.4. The van der Waals surface area contributed by atoms with Gasteiger partial charge in [0, 0.05) is 14.1 Å². The average molecular weight is 479 g/mol. The molecule has 0 spiro atoms. The SMILES string of the molecule is C[C@@H](NC(=O)C1(NC(=O)CC(F)(F)F)CC1)c1ccc(-c2cccc(F)c2C(=O)N(C)C)cc1. The molecule has 1 aliphatic carbocycles. The molecule has 2 aromatic carbocycles. The third-order valence-corrected chi connectivity index (χ3v) is 5.63. The summed E-state index contributed by atoms with van der Waals surface area (Å²) in [5.74, 6) is -2.90. The Bertz CT molecular complexity index is 1090. The molecule has 1 saturated carbocycles. The molecular formula is C24H25F4N3O3. The number of carbonyl (C=O) groups excluding carboxylic acids is 3. The summed E-state index contributed by atoms with van der Waals surface area (Å²) in [4.78, 5) is 38.0. The average Bonchev–Trinajstić information content (AvgIpc) is 3.52. The predicted molar refractivity (Wildman–Crippen MR) is 117 cm³/mol. The molecule has 1 aliphatic rings. The van der Waals surface area contributed by atoms with Gasteiger partial charge in [-0.3, -0.25) is 14.4 Å². The molecule has 0 heterocycles. The second-order valence-electron chi connectivity index (χ2n) is 8.60. The van der Waals surface area contributed by atoms with E-state index >= 15 is 0 Å². The van der Waals surface area contributed by atoms with Crippen LogP contribution in [0.2, 0.25) is 0 Å². The maximum Gasteiger partial charge on any atom is 0.397 e. The number of carbonyl (C=O) groups is 3. The molecule has 34 heavy (non-hydrogen) atoms. The number of halogens is 4. The summed E-state index contributed by atoms with van der Waals surface area (Å²) in [7, 11) is 3.06. The van der Waals surface area contributed by atoms with E-state index in [-0.39, 0.29) is 18.4 Å². The van der Waals surface area contributed by atoms with Gasteiger partial charge in [0.15, 0.2) is 0 Å². The minimum Gasteiger partial charge on any atom is -0.348 e. The molecule has 0 unspecified atom stereocenters. The van der Waals surface area contributed by atoms with Gasteiger partial charge in [-0.2, -0.15) is 13.2 Å². The van der Waals surface area contributed by atoms with Crippen molar-refractivity contribution in [2.24, 2.45) is 0 Å². The van der Waals surface area contributed by atoms with Crippen LogP contribution in [-0.2, 0) is 9.59 Å². The molecule has 0 saturated heterocycles. The van der Waals surface area contributed by atoms with Gasteiger partial charge in [-0.05, 0) is 42.5 Å². The van der Waals surface area contributed by atoms with Gasteiger partial charge in [0.2, 0.25) is 11.8 Å². The van der Waals surface area contributed by atoms with Crippen LogP contribution >= 0.6 is 0 Å². The first-order valence-corrected chi connectivity index (χ1v) is 10.6. The smallest absolute Gasteiger partial charge is 0.348 e. The van der Waals surface area contributed by atoms with Gasteiger partial charge >= 0.3 is 6.18 Å². The minimum absolute atomic E-state index is 0.0492. The maximum atomic E-state index is 14.4. The Balaban J connectivity index is 1.72. The number of hydrogen-bond acceptors (Lipinski definition) is 3. The molecule has 3 rings (SSSR count). The van der Waals surface area contributed by atoms with Crippen LogP contribution in [0.5, 0.6) is 0 Å². The standard InChI is InChI=1S/C24H25F4N3O3/c1-14(29-22(34)23(11-12-23)30-19(32)13-24(26,27)28)15-7-9-16(10-8-15)17-5-4-6-18(25)20(17)21(33)31(2)3/h4-10,14H,11-13H2,1-3H3,(H,29,34)(H,30,32)/t14-/m1/s1. The van der Waals surface area contributed by atoms with Crippen molar-refractivity contribution in [3.8, 4) is 11.1 Å². The molecule has 1 fully saturated rings. The number of rotatable bonds is 7. The largest absolute Gasteiger partial charge is 0.397 e. The number of benzene rings is 2. The van der Waals surface area contributed by atoms with Crippen LogP contribution in [0.1, 0.15) is 48.1 Å². The van der Waals surface area contributed by atoms with Gasteiger partial charge in [-0.15, -0.1) is 0 Å². The first-order valence-electron chi connectivity index (χ1n) is 10.6. The Kier molecular flexibility index (Phi) is 6.99. The number of hydrogen-bond donors (Lipinski definition) is 2. The number of amides is 3. The lowest BCUT2D eigenvalue weighted by molar-refractivity contribution is -0.155. The van der Waals surface area contributed by atoms with E-state index in [0.29, 0.717) is 16.7 Å². The van der Waals surface area contributed by atoms with Crippen molar-refractivity contribution in [1.29, 1.82) is 0 Å². The van der Waals surface area contributed by atoms with Crippen LogP contribution in [0.25, 0.3) is 11.1 Å². The summed E-state index contributed by atoms with van der Waals surface area (Å²) in [6, 6.07) is 10.7. The number of alkyl halides is 3. The van der Waals surface area contributed by atoms with Crippen LogP contribution < -0.4 is 10.6 Å². The summed E-state index contributed by atoms with van der Waals surface area (Å²) in [5, 5.41) is 4.92. The van der Waals surface area contributed by atoms with Crippen LogP contribution in [0, 0.1) is 5.82 Å². The highest BCUT2D eigenvalue weighted by atomic mass is 19.4. The van der Waals surface area contributed by atoms with Crippen molar-refractivity contribution in [2.45, 2.75) is 43.9 Å². The molecule has 0 aliphatic heterocycles. The zero-order valence-corrected chi connectivity index (χ0v) is 18.9. The Morgan fingerprint density at radius 1 is 1.06 bits per heavy atom. The van der Waals surface area contributed by atoms with Crippen LogP contribution in [0.3, 0.4) is 0 Å². The van der Waals surface area contributed by atoms with Gasteiger partial charge in [-0.25, -0.2) is 4.39 Å². The lowest BCUT2D eigenvalue weighted by Gasteiger charge is -2.22.